The van der Waals surface area contributed by atoms with E-state index in [4.69, 9.17) is 4.43 Å². The van der Waals surface area contributed by atoms with Crippen LogP contribution < -0.4 is 0 Å². The smallest absolute Gasteiger partial charge is 0.242 e. The van der Waals surface area contributed by atoms with Gasteiger partial charge in [-0.2, -0.15) is 0 Å². The minimum atomic E-state index is -1.68. The Balaban J connectivity index is 3.42. The summed E-state index contributed by atoms with van der Waals surface area (Å²) in [5, 5.41) is 0. The van der Waals surface area contributed by atoms with Crippen molar-refractivity contribution < 1.29 is 4.43 Å². The quantitative estimate of drug-likeness (QED) is 0.288. The summed E-state index contributed by atoms with van der Waals surface area (Å²) in [7, 11) is -1.68. The van der Waals surface area contributed by atoms with E-state index in [1.807, 2.05) is 0 Å². The van der Waals surface area contributed by atoms with Gasteiger partial charge in [-0.15, -0.1) is 0 Å². The summed E-state index contributed by atoms with van der Waals surface area (Å²) >= 11 is 0. The van der Waals surface area contributed by atoms with Gasteiger partial charge in [0.1, 0.15) is 5.76 Å². The number of hydrogen-bond donors (Lipinski definition) is 0. The Morgan fingerprint density at radius 3 is 1.84 bits per heavy atom. The number of hydrogen-bond acceptors (Lipinski definition) is 1. The van der Waals surface area contributed by atoms with Gasteiger partial charge >= 0.3 is 0 Å². The lowest BCUT2D eigenvalue weighted by Crippen LogP contribution is -2.26. The van der Waals surface area contributed by atoms with Gasteiger partial charge in [0.15, 0.2) is 0 Å². The monoisotopic (exact) mass is 360 g/mol. The molecule has 1 nitrogen and oxygen atoms in total. The molecule has 0 bridgehead atoms. The highest BCUT2D eigenvalue weighted by molar-refractivity contribution is 6.70. The Kier molecular flexibility index (Phi) is 9.56. The van der Waals surface area contributed by atoms with Crippen LogP contribution in [0.15, 0.2) is 35.9 Å². The van der Waals surface area contributed by atoms with Gasteiger partial charge < -0.3 is 4.43 Å². The minimum Gasteiger partial charge on any atom is -0.544 e. The first kappa shape index (κ1) is 22.0. The molecule has 0 atom stereocenters. The fourth-order valence-corrected chi connectivity index (χ4v) is 4.30. The molecule has 25 heavy (non-hydrogen) atoms. The first-order valence-electron chi connectivity index (χ1n) is 10.3. The lowest BCUT2D eigenvalue weighted by Gasteiger charge is -2.31. The summed E-state index contributed by atoms with van der Waals surface area (Å²) in [5.41, 5.74) is 2.81. The molecule has 0 aliphatic rings. The molecule has 0 fully saturated rings. The van der Waals surface area contributed by atoms with E-state index in [1.165, 1.54) is 49.8 Å². The standard InChI is InChI=1S/C23H40OSi/c1-8-10-15-20(16-11-9-2)22(19(3)4)23(24-25(5,6)7)21-17-13-12-14-18-21/h12-14,17-20H,8-11,15-16H2,1-7H3/b23-22-. The average molecular weight is 361 g/mol. The molecular weight excluding hydrogens is 320 g/mol. The van der Waals surface area contributed by atoms with E-state index in [0.717, 1.165) is 0 Å². The van der Waals surface area contributed by atoms with Crippen molar-refractivity contribution in [2.45, 2.75) is 85.9 Å². The maximum Gasteiger partial charge on any atom is 0.242 e. The number of unbranched alkanes of at least 4 members (excludes halogenated alkanes) is 2. The zero-order valence-corrected chi connectivity index (χ0v) is 18.7. The molecule has 0 aliphatic heterocycles. The van der Waals surface area contributed by atoms with Crippen molar-refractivity contribution in [2.75, 3.05) is 0 Å². The van der Waals surface area contributed by atoms with Gasteiger partial charge in [-0.25, -0.2) is 0 Å². The fraction of sp³-hybridized carbons (Fsp3) is 0.652. The average Bonchev–Trinajstić information content (AvgIpc) is 2.55. The molecular formula is C23H40OSi. The summed E-state index contributed by atoms with van der Waals surface area (Å²) in [6.45, 7) is 16.2. The third-order valence-electron chi connectivity index (χ3n) is 4.58. The lowest BCUT2D eigenvalue weighted by molar-refractivity contribution is 0.419. The SMILES string of the molecule is CCCCC(CCCC)/C(=C(\O[Si](C)(C)C)c1ccccc1)C(C)C. The van der Waals surface area contributed by atoms with E-state index < -0.39 is 8.32 Å². The van der Waals surface area contributed by atoms with Crippen LogP contribution in [0.25, 0.3) is 5.76 Å². The van der Waals surface area contributed by atoms with Gasteiger partial charge in [-0.05, 0) is 49.9 Å². The number of allylic oxidation sites excluding steroid dienone is 1. The molecule has 0 heterocycles. The Bertz CT molecular complexity index is 503. The van der Waals surface area contributed by atoms with Gasteiger partial charge in [0, 0.05) is 5.56 Å². The Labute approximate surface area is 158 Å². The van der Waals surface area contributed by atoms with E-state index in [2.05, 4.69) is 77.7 Å². The molecule has 1 aromatic rings. The third-order valence-corrected chi connectivity index (χ3v) is 5.40. The van der Waals surface area contributed by atoms with Crippen LogP contribution in [0.2, 0.25) is 19.6 Å². The second-order valence-corrected chi connectivity index (χ2v) is 12.9. The van der Waals surface area contributed by atoms with Gasteiger partial charge in [-0.3, -0.25) is 0 Å². The second kappa shape index (κ2) is 10.9. The van der Waals surface area contributed by atoms with Crippen LogP contribution in [0.1, 0.15) is 71.8 Å². The predicted octanol–water partition coefficient (Wildman–Crippen LogP) is 7.90. The van der Waals surface area contributed by atoms with Crippen molar-refractivity contribution in [3.8, 4) is 0 Å². The molecule has 142 valence electrons. The van der Waals surface area contributed by atoms with E-state index in [-0.39, 0.29) is 0 Å². The largest absolute Gasteiger partial charge is 0.544 e. The molecule has 0 aliphatic carbocycles. The molecule has 0 aromatic heterocycles. The van der Waals surface area contributed by atoms with E-state index in [1.54, 1.807) is 5.57 Å². The van der Waals surface area contributed by atoms with Crippen molar-refractivity contribution in [3.63, 3.8) is 0 Å². The Morgan fingerprint density at radius 1 is 0.920 bits per heavy atom. The Hall–Kier alpha value is -1.02. The van der Waals surface area contributed by atoms with Crippen molar-refractivity contribution in [1.29, 1.82) is 0 Å². The predicted molar refractivity (Wildman–Crippen MR) is 115 cm³/mol. The molecule has 0 N–H and O–H groups in total. The second-order valence-electron chi connectivity index (χ2n) is 8.50. The summed E-state index contributed by atoms with van der Waals surface area (Å²) in [4.78, 5) is 0. The van der Waals surface area contributed by atoms with E-state index in [0.29, 0.717) is 11.8 Å². The summed E-state index contributed by atoms with van der Waals surface area (Å²) < 4.78 is 6.71. The maximum atomic E-state index is 6.71. The molecule has 0 unspecified atom stereocenters. The number of benzene rings is 1. The lowest BCUT2D eigenvalue weighted by atomic mass is 9.81. The van der Waals surface area contributed by atoms with Gasteiger partial charge in [-0.1, -0.05) is 83.7 Å². The molecule has 0 spiro atoms. The molecule has 2 heteroatoms. The normalized spacial score (nSPS) is 13.3. The van der Waals surface area contributed by atoms with E-state index >= 15 is 0 Å². The van der Waals surface area contributed by atoms with Gasteiger partial charge in [0.25, 0.3) is 0 Å². The zero-order chi connectivity index (χ0) is 18.9. The molecule has 1 aromatic carbocycles. The maximum absolute atomic E-state index is 6.71. The van der Waals surface area contributed by atoms with Crippen LogP contribution in [0, 0.1) is 11.8 Å². The molecule has 1 rings (SSSR count). The fourth-order valence-electron chi connectivity index (χ4n) is 3.46. The van der Waals surface area contributed by atoms with Crippen molar-refractivity contribution in [1.82, 2.24) is 0 Å². The van der Waals surface area contributed by atoms with Gasteiger partial charge in [0.2, 0.25) is 8.32 Å². The summed E-state index contributed by atoms with van der Waals surface area (Å²) in [5.74, 6) is 2.35. The van der Waals surface area contributed by atoms with Crippen LogP contribution >= 0.6 is 0 Å². The topological polar surface area (TPSA) is 9.23 Å². The van der Waals surface area contributed by atoms with Gasteiger partial charge in [0.05, 0.1) is 0 Å². The van der Waals surface area contributed by atoms with Crippen molar-refractivity contribution in [3.05, 3.63) is 41.5 Å². The van der Waals surface area contributed by atoms with Crippen LogP contribution in [0.4, 0.5) is 0 Å². The first-order valence-corrected chi connectivity index (χ1v) is 13.7. The van der Waals surface area contributed by atoms with Crippen LogP contribution in [-0.4, -0.2) is 8.32 Å². The van der Waals surface area contributed by atoms with Crippen LogP contribution in [0.3, 0.4) is 0 Å². The van der Waals surface area contributed by atoms with Crippen LogP contribution in [-0.2, 0) is 4.43 Å². The van der Waals surface area contributed by atoms with Crippen molar-refractivity contribution >= 4 is 14.1 Å². The first-order chi connectivity index (χ1) is 11.8. The molecule has 0 amide bonds. The third kappa shape index (κ3) is 7.81. The van der Waals surface area contributed by atoms with Crippen molar-refractivity contribution in [2.24, 2.45) is 11.8 Å². The highest BCUT2D eigenvalue weighted by Gasteiger charge is 2.26. The van der Waals surface area contributed by atoms with E-state index in [9.17, 15) is 0 Å². The molecule has 0 radical (unpaired) electrons. The number of rotatable bonds is 11. The zero-order valence-electron chi connectivity index (χ0n) is 17.7. The molecule has 0 saturated heterocycles. The summed E-state index contributed by atoms with van der Waals surface area (Å²) in [6, 6.07) is 10.8. The highest BCUT2D eigenvalue weighted by atomic mass is 28.4. The Morgan fingerprint density at radius 2 is 1.44 bits per heavy atom. The highest BCUT2D eigenvalue weighted by Crippen LogP contribution is 2.37. The molecule has 0 saturated carbocycles. The van der Waals surface area contributed by atoms with Crippen LogP contribution in [0.5, 0.6) is 0 Å². The minimum absolute atomic E-state index is 0.519. The summed E-state index contributed by atoms with van der Waals surface area (Å²) in [6.07, 6.45) is 7.72.